The Balaban J connectivity index is 2.24. The molecule has 26 heavy (non-hydrogen) atoms. The first-order chi connectivity index (χ1) is 12.2. The maximum Gasteiger partial charge on any atom is 0.241 e. The number of benzene rings is 2. The zero-order valence-corrected chi connectivity index (χ0v) is 16.8. The molecule has 140 valence electrons. The van der Waals surface area contributed by atoms with E-state index in [2.05, 4.69) is 5.32 Å². The van der Waals surface area contributed by atoms with Crippen LogP contribution in [-0.4, -0.2) is 27.1 Å². The summed E-state index contributed by atoms with van der Waals surface area (Å²) in [6, 6.07) is 13.9. The van der Waals surface area contributed by atoms with Crippen LogP contribution >= 0.6 is 23.2 Å². The molecule has 0 bridgehead atoms. The molecule has 8 heteroatoms. The van der Waals surface area contributed by atoms with Crippen molar-refractivity contribution in [3.8, 4) is 0 Å². The van der Waals surface area contributed by atoms with Gasteiger partial charge in [0.2, 0.25) is 15.9 Å². The Hall–Kier alpha value is -1.76. The fraction of sp³-hybridized carbons (Fsp3) is 0.278. The first kappa shape index (κ1) is 20.6. The van der Waals surface area contributed by atoms with Crippen molar-refractivity contribution in [1.29, 1.82) is 0 Å². The number of anilines is 1. The second-order valence-electron chi connectivity index (χ2n) is 5.78. The van der Waals surface area contributed by atoms with Crippen LogP contribution < -0.4 is 9.62 Å². The van der Waals surface area contributed by atoms with Crippen molar-refractivity contribution in [1.82, 2.24) is 5.32 Å². The van der Waals surface area contributed by atoms with Gasteiger partial charge in [-0.25, -0.2) is 8.42 Å². The van der Waals surface area contributed by atoms with Crippen LogP contribution in [0.1, 0.15) is 24.9 Å². The van der Waals surface area contributed by atoms with Gasteiger partial charge in [-0.05, 0) is 24.1 Å². The minimum absolute atomic E-state index is 0.0856. The van der Waals surface area contributed by atoms with E-state index in [4.69, 9.17) is 23.2 Å². The van der Waals surface area contributed by atoms with Crippen LogP contribution in [0.25, 0.3) is 0 Å². The summed E-state index contributed by atoms with van der Waals surface area (Å²) in [4.78, 5) is 12.5. The lowest BCUT2D eigenvalue weighted by atomic mass is 10.0. The molecule has 0 fully saturated rings. The van der Waals surface area contributed by atoms with E-state index in [1.807, 2.05) is 37.3 Å². The number of amides is 1. The average Bonchev–Trinajstić information content (AvgIpc) is 2.60. The number of nitrogens with one attached hydrogen (secondary N) is 1. The normalized spacial score (nSPS) is 12.5. The monoisotopic (exact) mass is 414 g/mol. The Morgan fingerprint density at radius 1 is 1.12 bits per heavy atom. The lowest BCUT2D eigenvalue weighted by Crippen LogP contribution is -2.41. The Kier molecular flexibility index (Phi) is 6.92. The fourth-order valence-corrected chi connectivity index (χ4v) is 3.85. The Morgan fingerprint density at radius 2 is 1.77 bits per heavy atom. The lowest BCUT2D eigenvalue weighted by Gasteiger charge is -2.25. The minimum Gasteiger partial charge on any atom is -0.348 e. The van der Waals surface area contributed by atoms with Gasteiger partial charge in [0.1, 0.15) is 6.54 Å². The molecule has 1 N–H and O–H groups in total. The number of rotatable bonds is 7. The van der Waals surface area contributed by atoms with Crippen molar-refractivity contribution in [2.45, 2.75) is 19.4 Å². The molecule has 0 heterocycles. The van der Waals surface area contributed by atoms with E-state index in [0.717, 1.165) is 16.1 Å². The molecule has 0 unspecified atom stereocenters. The number of hydrogen-bond acceptors (Lipinski definition) is 3. The molecule has 0 aromatic heterocycles. The van der Waals surface area contributed by atoms with Crippen LogP contribution in [0.5, 0.6) is 0 Å². The van der Waals surface area contributed by atoms with Crippen molar-refractivity contribution in [3.05, 3.63) is 64.1 Å². The maximum atomic E-state index is 12.5. The third-order valence-corrected chi connectivity index (χ3v) is 5.77. The van der Waals surface area contributed by atoms with Crippen LogP contribution in [-0.2, 0) is 14.8 Å². The molecule has 2 aromatic rings. The van der Waals surface area contributed by atoms with E-state index in [9.17, 15) is 13.2 Å². The maximum absolute atomic E-state index is 12.5. The number of hydrogen-bond donors (Lipinski definition) is 1. The highest BCUT2D eigenvalue weighted by molar-refractivity contribution is 7.92. The predicted octanol–water partition coefficient (Wildman–Crippen LogP) is 4.03. The van der Waals surface area contributed by atoms with Crippen LogP contribution in [0, 0.1) is 0 Å². The van der Waals surface area contributed by atoms with Crippen LogP contribution in [0.3, 0.4) is 0 Å². The smallest absolute Gasteiger partial charge is 0.241 e. The van der Waals surface area contributed by atoms with Crippen molar-refractivity contribution < 1.29 is 13.2 Å². The summed E-state index contributed by atoms with van der Waals surface area (Å²) in [6.07, 6.45) is 1.69. The minimum atomic E-state index is -3.73. The van der Waals surface area contributed by atoms with Gasteiger partial charge in [-0.15, -0.1) is 0 Å². The highest BCUT2D eigenvalue weighted by Crippen LogP contribution is 2.33. The Labute approximate surface area is 164 Å². The van der Waals surface area contributed by atoms with E-state index >= 15 is 0 Å². The topological polar surface area (TPSA) is 66.5 Å². The summed E-state index contributed by atoms with van der Waals surface area (Å²) in [5.74, 6) is -0.429. The zero-order chi connectivity index (χ0) is 19.3. The molecule has 0 aliphatic carbocycles. The van der Waals surface area contributed by atoms with Gasteiger partial charge < -0.3 is 5.32 Å². The van der Waals surface area contributed by atoms with Crippen molar-refractivity contribution >= 4 is 44.8 Å². The number of sulfonamides is 1. The van der Waals surface area contributed by atoms with Crippen LogP contribution in [0.2, 0.25) is 10.0 Å². The summed E-state index contributed by atoms with van der Waals surface area (Å²) in [5.41, 5.74) is 1.12. The van der Waals surface area contributed by atoms with Gasteiger partial charge in [-0.3, -0.25) is 9.10 Å². The van der Waals surface area contributed by atoms with Crippen LogP contribution in [0.15, 0.2) is 48.5 Å². The van der Waals surface area contributed by atoms with Gasteiger partial charge in [-0.2, -0.15) is 0 Å². The van der Waals surface area contributed by atoms with E-state index in [1.54, 1.807) is 12.1 Å². The van der Waals surface area contributed by atoms with Crippen molar-refractivity contribution in [2.75, 3.05) is 17.1 Å². The molecule has 0 saturated heterocycles. The molecule has 0 saturated carbocycles. The van der Waals surface area contributed by atoms with Gasteiger partial charge >= 0.3 is 0 Å². The number of carbonyl (C=O) groups is 1. The summed E-state index contributed by atoms with van der Waals surface area (Å²) >= 11 is 12.1. The zero-order valence-electron chi connectivity index (χ0n) is 14.4. The number of carbonyl (C=O) groups excluding carboxylic acids is 1. The third-order valence-electron chi connectivity index (χ3n) is 3.83. The highest BCUT2D eigenvalue weighted by atomic mass is 35.5. The van der Waals surface area contributed by atoms with Crippen molar-refractivity contribution in [2.24, 2.45) is 0 Å². The van der Waals surface area contributed by atoms with Gasteiger partial charge in [0.25, 0.3) is 0 Å². The summed E-state index contributed by atoms with van der Waals surface area (Å²) in [5, 5.41) is 3.17. The second-order valence-corrected chi connectivity index (χ2v) is 8.47. The number of nitrogens with zero attached hydrogens (tertiary/aromatic N) is 1. The molecule has 5 nitrogen and oxygen atoms in total. The second kappa shape index (κ2) is 8.75. The molecule has 1 amide bonds. The molecule has 0 aliphatic rings. The summed E-state index contributed by atoms with van der Waals surface area (Å²) < 4.78 is 25.4. The van der Waals surface area contributed by atoms with E-state index < -0.39 is 15.9 Å². The standard InChI is InChI=1S/C18H20Cl2N2O3S/c1-3-15(13-8-5-4-6-9-13)21-17(23)12-22(26(2,24)25)16-11-7-10-14(19)18(16)20/h4-11,15H,3,12H2,1-2H3,(H,21,23)/t15-/m0/s1. The number of halogens is 2. The van der Waals surface area contributed by atoms with Crippen LogP contribution in [0.4, 0.5) is 5.69 Å². The first-order valence-corrected chi connectivity index (χ1v) is 10.6. The third kappa shape index (κ3) is 5.13. The quantitative estimate of drug-likeness (QED) is 0.743. The fourth-order valence-electron chi connectivity index (χ4n) is 2.54. The Bertz CT molecular complexity index is 873. The summed E-state index contributed by atoms with van der Waals surface area (Å²) in [6.45, 7) is 1.56. The molecule has 0 radical (unpaired) electrons. The van der Waals surface area contributed by atoms with Gasteiger partial charge in [0.05, 0.1) is 28.0 Å². The first-order valence-electron chi connectivity index (χ1n) is 8.00. The van der Waals surface area contributed by atoms with Gasteiger partial charge in [-0.1, -0.05) is 66.5 Å². The lowest BCUT2D eigenvalue weighted by molar-refractivity contribution is -0.120. The molecule has 0 spiro atoms. The van der Waals surface area contributed by atoms with Gasteiger partial charge in [0, 0.05) is 0 Å². The van der Waals surface area contributed by atoms with Crippen molar-refractivity contribution in [3.63, 3.8) is 0 Å². The molecular formula is C18H20Cl2N2O3S. The SMILES string of the molecule is CC[C@H](NC(=O)CN(c1cccc(Cl)c1Cl)S(C)(=O)=O)c1ccccc1. The largest absolute Gasteiger partial charge is 0.348 e. The predicted molar refractivity (Wildman–Crippen MR) is 106 cm³/mol. The molecule has 0 aliphatic heterocycles. The van der Waals surface area contributed by atoms with E-state index in [-0.39, 0.29) is 28.3 Å². The average molecular weight is 415 g/mol. The Morgan fingerprint density at radius 3 is 2.35 bits per heavy atom. The van der Waals surface area contributed by atoms with E-state index in [0.29, 0.717) is 6.42 Å². The molecular weight excluding hydrogens is 395 g/mol. The summed E-state index contributed by atoms with van der Waals surface area (Å²) in [7, 11) is -3.73. The van der Waals surface area contributed by atoms with Gasteiger partial charge in [0.15, 0.2) is 0 Å². The molecule has 1 atom stereocenters. The van der Waals surface area contributed by atoms with E-state index in [1.165, 1.54) is 6.07 Å². The molecule has 2 aromatic carbocycles. The highest BCUT2D eigenvalue weighted by Gasteiger charge is 2.25. The molecule has 2 rings (SSSR count).